The summed E-state index contributed by atoms with van der Waals surface area (Å²) in [4.78, 5) is 25.9. The number of carbonyl (C=O) groups excluding carboxylic acids is 2. The van der Waals surface area contributed by atoms with Gasteiger partial charge in [0.1, 0.15) is 0 Å². The second-order valence-electron chi connectivity index (χ2n) is 6.61. The van der Waals surface area contributed by atoms with E-state index in [1.165, 1.54) is 5.56 Å². The van der Waals surface area contributed by atoms with Crippen molar-refractivity contribution >= 4 is 29.1 Å². The number of amides is 2. The predicted octanol–water partition coefficient (Wildman–Crippen LogP) is 3.29. The van der Waals surface area contributed by atoms with E-state index in [9.17, 15) is 9.59 Å². The lowest BCUT2D eigenvalue weighted by Crippen LogP contribution is -2.37. The molecule has 1 aliphatic heterocycles. The summed E-state index contributed by atoms with van der Waals surface area (Å²) < 4.78 is 0. The average Bonchev–Trinajstić information content (AvgIpc) is 2.64. The third-order valence-electron chi connectivity index (χ3n) is 4.71. The van der Waals surface area contributed by atoms with E-state index in [-0.39, 0.29) is 11.8 Å². The minimum absolute atomic E-state index is 0.00675. The van der Waals surface area contributed by atoms with Crippen LogP contribution in [0.2, 0.25) is 5.02 Å². The first kappa shape index (κ1) is 18.4. The van der Waals surface area contributed by atoms with Crippen LogP contribution in [0, 0.1) is 5.92 Å². The van der Waals surface area contributed by atoms with Crippen molar-refractivity contribution in [2.24, 2.45) is 11.7 Å². The minimum Gasteiger partial charge on any atom is -0.366 e. The zero-order valence-electron chi connectivity index (χ0n) is 14.5. The van der Waals surface area contributed by atoms with Crippen molar-refractivity contribution in [2.75, 3.05) is 18.4 Å². The third-order valence-corrected chi connectivity index (χ3v) is 4.97. The highest BCUT2D eigenvalue weighted by molar-refractivity contribution is 6.30. The van der Waals surface area contributed by atoms with E-state index in [4.69, 9.17) is 17.3 Å². The number of piperidine rings is 1. The van der Waals surface area contributed by atoms with Gasteiger partial charge in [0.25, 0.3) is 0 Å². The van der Waals surface area contributed by atoms with Crippen LogP contribution in [0.1, 0.15) is 28.8 Å². The Bertz CT molecular complexity index is 767. The molecule has 0 aromatic heterocycles. The van der Waals surface area contributed by atoms with Crippen LogP contribution in [0.15, 0.2) is 48.5 Å². The van der Waals surface area contributed by atoms with Crippen LogP contribution in [-0.2, 0) is 11.3 Å². The fraction of sp³-hybridized carbons (Fsp3) is 0.300. The van der Waals surface area contributed by atoms with Crippen molar-refractivity contribution < 1.29 is 9.59 Å². The molecule has 2 aromatic rings. The molecule has 1 saturated heterocycles. The largest absolute Gasteiger partial charge is 0.366 e. The van der Waals surface area contributed by atoms with Gasteiger partial charge >= 0.3 is 0 Å². The summed E-state index contributed by atoms with van der Waals surface area (Å²) in [5.74, 6) is -0.439. The van der Waals surface area contributed by atoms with Gasteiger partial charge in [-0.15, -0.1) is 0 Å². The van der Waals surface area contributed by atoms with Gasteiger partial charge in [0, 0.05) is 28.7 Å². The molecule has 1 aliphatic rings. The van der Waals surface area contributed by atoms with Crippen LogP contribution in [0.25, 0.3) is 0 Å². The molecule has 0 unspecified atom stereocenters. The van der Waals surface area contributed by atoms with E-state index in [1.807, 2.05) is 24.3 Å². The summed E-state index contributed by atoms with van der Waals surface area (Å²) in [7, 11) is 0. The first-order valence-electron chi connectivity index (χ1n) is 8.69. The van der Waals surface area contributed by atoms with Crippen molar-refractivity contribution in [3.05, 3.63) is 64.7 Å². The maximum absolute atomic E-state index is 12.5. The molecular formula is C20H22ClN3O2. The second-order valence-corrected chi connectivity index (χ2v) is 7.04. The number of nitrogens with two attached hydrogens (primary N) is 1. The molecule has 1 fully saturated rings. The highest BCUT2D eigenvalue weighted by atomic mass is 35.5. The number of likely N-dealkylation sites (tertiary alicyclic amines) is 1. The van der Waals surface area contributed by atoms with E-state index in [0.29, 0.717) is 11.3 Å². The number of halogens is 1. The van der Waals surface area contributed by atoms with Crippen LogP contribution in [0.4, 0.5) is 5.69 Å². The van der Waals surface area contributed by atoms with Crippen LogP contribution in [-0.4, -0.2) is 29.8 Å². The van der Waals surface area contributed by atoms with Crippen molar-refractivity contribution in [1.29, 1.82) is 0 Å². The van der Waals surface area contributed by atoms with Gasteiger partial charge in [0.05, 0.1) is 0 Å². The van der Waals surface area contributed by atoms with E-state index in [2.05, 4.69) is 10.2 Å². The predicted molar refractivity (Wildman–Crippen MR) is 103 cm³/mol. The first-order valence-corrected chi connectivity index (χ1v) is 9.06. The summed E-state index contributed by atoms with van der Waals surface area (Å²) in [6.07, 6.45) is 1.66. The topological polar surface area (TPSA) is 75.4 Å². The Labute approximate surface area is 158 Å². The Morgan fingerprint density at radius 3 is 2.23 bits per heavy atom. The van der Waals surface area contributed by atoms with Crippen LogP contribution in [0.3, 0.4) is 0 Å². The quantitative estimate of drug-likeness (QED) is 0.846. The molecule has 0 saturated carbocycles. The Balaban J connectivity index is 1.48. The number of hydrogen-bond donors (Lipinski definition) is 2. The van der Waals surface area contributed by atoms with Gasteiger partial charge in [-0.05, 0) is 67.9 Å². The summed E-state index contributed by atoms with van der Waals surface area (Å²) in [6.45, 7) is 2.66. The Morgan fingerprint density at radius 2 is 1.65 bits per heavy atom. The molecular weight excluding hydrogens is 350 g/mol. The van der Waals surface area contributed by atoms with Gasteiger partial charge in [-0.25, -0.2) is 0 Å². The van der Waals surface area contributed by atoms with Crippen molar-refractivity contribution in [2.45, 2.75) is 19.4 Å². The van der Waals surface area contributed by atoms with Crippen molar-refractivity contribution in [3.63, 3.8) is 0 Å². The normalized spacial score (nSPS) is 15.6. The highest BCUT2D eigenvalue weighted by Crippen LogP contribution is 2.21. The summed E-state index contributed by atoms with van der Waals surface area (Å²) in [5, 5.41) is 3.67. The minimum atomic E-state index is -0.476. The fourth-order valence-electron chi connectivity index (χ4n) is 3.16. The number of rotatable bonds is 5. The Kier molecular flexibility index (Phi) is 5.91. The monoisotopic (exact) mass is 371 g/mol. The van der Waals surface area contributed by atoms with Gasteiger partial charge in [0.15, 0.2) is 0 Å². The molecule has 5 nitrogen and oxygen atoms in total. The zero-order valence-corrected chi connectivity index (χ0v) is 15.2. The number of carbonyl (C=O) groups is 2. The maximum atomic E-state index is 12.5. The smallest absolute Gasteiger partial charge is 0.248 e. The fourth-order valence-corrected chi connectivity index (χ4v) is 3.29. The molecule has 0 spiro atoms. The molecule has 2 amide bonds. The molecule has 1 heterocycles. The molecule has 0 bridgehead atoms. The average molecular weight is 372 g/mol. The summed E-state index contributed by atoms with van der Waals surface area (Å²) in [6, 6.07) is 14.5. The van der Waals surface area contributed by atoms with E-state index in [0.717, 1.165) is 37.5 Å². The lowest BCUT2D eigenvalue weighted by molar-refractivity contribution is -0.121. The first-order chi connectivity index (χ1) is 12.5. The number of nitrogens with one attached hydrogen (secondary N) is 1. The van der Waals surface area contributed by atoms with Gasteiger partial charge in [-0.3, -0.25) is 14.5 Å². The summed E-state index contributed by atoms with van der Waals surface area (Å²) >= 11 is 5.92. The molecule has 6 heteroatoms. The highest BCUT2D eigenvalue weighted by Gasteiger charge is 2.25. The Morgan fingerprint density at radius 1 is 1.04 bits per heavy atom. The standard InChI is InChI=1S/C20H22ClN3O2/c21-17-5-1-14(2-6-17)13-24-11-9-16(10-12-24)20(26)23-18-7-3-15(4-8-18)19(22)25/h1-8,16H,9-13H2,(H2,22,25)(H,23,26). The van der Waals surface area contributed by atoms with Gasteiger partial charge in [-0.1, -0.05) is 23.7 Å². The molecule has 3 N–H and O–H groups in total. The van der Waals surface area contributed by atoms with E-state index < -0.39 is 5.91 Å². The molecule has 3 rings (SSSR count). The zero-order chi connectivity index (χ0) is 18.5. The molecule has 136 valence electrons. The lowest BCUT2D eigenvalue weighted by Gasteiger charge is -2.31. The summed E-state index contributed by atoms with van der Waals surface area (Å²) in [5.41, 5.74) is 7.56. The van der Waals surface area contributed by atoms with Gasteiger partial charge < -0.3 is 11.1 Å². The maximum Gasteiger partial charge on any atom is 0.248 e. The SMILES string of the molecule is NC(=O)c1ccc(NC(=O)C2CCN(Cc3ccc(Cl)cc3)CC2)cc1. The molecule has 0 radical (unpaired) electrons. The number of benzene rings is 2. The van der Waals surface area contributed by atoms with Crippen LogP contribution >= 0.6 is 11.6 Å². The Hall–Kier alpha value is -2.37. The van der Waals surface area contributed by atoms with E-state index >= 15 is 0 Å². The van der Waals surface area contributed by atoms with Gasteiger partial charge in [0.2, 0.25) is 11.8 Å². The van der Waals surface area contributed by atoms with Crippen molar-refractivity contribution in [1.82, 2.24) is 4.90 Å². The van der Waals surface area contributed by atoms with Gasteiger partial charge in [-0.2, -0.15) is 0 Å². The molecule has 26 heavy (non-hydrogen) atoms. The number of anilines is 1. The second kappa shape index (κ2) is 8.34. The molecule has 0 aliphatic carbocycles. The number of primary amides is 1. The van der Waals surface area contributed by atoms with Crippen LogP contribution in [0.5, 0.6) is 0 Å². The lowest BCUT2D eigenvalue weighted by atomic mass is 9.95. The van der Waals surface area contributed by atoms with E-state index in [1.54, 1.807) is 24.3 Å². The van der Waals surface area contributed by atoms with Crippen LogP contribution < -0.4 is 11.1 Å². The van der Waals surface area contributed by atoms with Crippen molar-refractivity contribution in [3.8, 4) is 0 Å². The third kappa shape index (κ3) is 4.84. The molecule has 2 aromatic carbocycles. The number of hydrogen-bond acceptors (Lipinski definition) is 3. The number of nitrogens with zero attached hydrogens (tertiary/aromatic N) is 1. The molecule has 0 atom stereocenters.